The summed E-state index contributed by atoms with van der Waals surface area (Å²) in [6.07, 6.45) is 8.35. The van der Waals surface area contributed by atoms with Crippen LogP contribution in [-0.2, 0) is 0 Å². The van der Waals surface area contributed by atoms with Crippen molar-refractivity contribution in [1.82, 2.24) is 4.98 Å². The number of anilines is 2. The van der Waals surface area contributed by atoms with E-state index in [1.807, 2.05) is 18.3 Å². The van der Waals surface area contributed by atoms with Crippen LogP contribution in [0.5, 0.6) is 0 Å². The lowest BCUT2D eigenvalue weighted by Gasteiger charge is -2.38. The lowest BCUT2D eigenvalue weighted by Crippen LogP contribution is -2.39. The van der Waals surface area contributed by atoms with E-state index in [0.717, 1.165) is 17.7 Å². The topological polar surface area (TPSA) is 42.2 Å². The van der Waals surface area contributed by atoms with Crippen LogP contribution >= 0.6 is 0 Å². The van der Waals surface area contributed by atoms with Crippen LogP contribution in [0, 0.1) is 0 Å². The predicted octanol–water partition coefficient (Wildman–Crippen LogP) is 3.98. The number of hydrogen-bond acceptors (Lipinski definition) is 3. The number of para-hydroxylation sites is 1. The van der Waals surface area contributed by atoms with Crippen molar-refractivity contribution in [3.8, 4) is 0 Å². The van der Waals surface area contributed by atoms with Gasteiger partial charge in [0.15, 0.2) is 0 Å². The minimum absolute atomic E-state index is 0.667. The summed E-state index contributed by atoms with van der Waals surface area (Å²) in [5.41, 5.74) is 9.08. The third-order valence-electron chi connectivity index (χ3n) is 4.34. The second-order valence-corrected chi connectivity index (χ2v) is 5.71. The fourth-order valence-corrected chi connectivity index (χ4v) is 3.39. The minimum atomic E-state index is 0.667. The molecule has 0 amide bonds. The molecular formula is C17H23N3. The number of pyridine rings is 1. The van der Waals surface area contributed by atoms with Gasteiger partial charge in [-0.05, 0) is 37.8 Å². The second-order valence-electron chi connectivity index (χ2n) is 5.71. The summed E-state index contributed by atoms with van der Waals surface area (Å²) in [6, 6.07) is 8.92. The van der Waals surface area contributed by atoms with Crippen molar-refractivity contribution in [2.45, 2.75) is 45.1 Å². The van der Waals surface area contributed by atoms with Gasteiger partial charge in [-0.25, -0.2) is 0 Å². The molecule has 2 heterocycles. The number of hydrogen-bond donors (Lipinski definition) is 1. The fourth-order valence-electron chi connectivity index (χ4n) is 3.39. The Bertz CT molecular complexity index is 592. The molecule has 1 aliphatic heterocycles. The molecule has 0 bridgehead atoms. The van der Waals surface area contributed by atoms with Crippen LogP contribution in [0.4, 0.5) is 11.4 Å². The summed E-state index contributed by atoms with van der Waals surface area (Å²) in [7, 11) is 0. The first-order valence-corrected chi connectivity index (χ1v) is 7.71. The zero-order valence-electron chi connectivity index (χ0n) is 12.2. The van der Waals surface area contributed by atoms with Crippen molar-refractivity contribution in [2.75, 3.05) is 17.2 Å². The molecule has 1 unspecified atom stereocenters. The second kappa shape index (κ2) is 5.70. The SMILES string of the molecule is CCCC1CCCCN1c1ccnc2c(N)cccc12. The maximum atomic E-state index is 6.07. The van der Waals surface area contributed by atoms with Crippen LogP contribution in [0.1, 0.15) is 39.0 Å². The summed E-state index contributed by atoms with van der Waals surface area (Å²) < 4.78 is 0. The monoisotopic (exact) mass is 269 g/mol. The normalized spacial score (nSPS) is 19.4. The molecule has 20 heavy (non-hydrogen) atoms. The molecule has 0 saturated carbocycles. The van der Waals surface area contributed by atoms with Gasteiger partial charge in [0.25, 0.3) is 0 Å². The largest absolute Gasteiger partial charge is 0.397 e. The zero-order chi connectivity index (χ0) is 13.9. The van der Waals surface area contributed by atoms with Crippen LogP contribution in [0.15, 0.2) is 30.5 Å². The van der Waals surface area contributed by atoms with E-state index in [9.17, 15) is 0 Å². The van der Waals surface area contributed by atoms with E-state index < -0.39 is 0 Å². The number of nitrogens with two attached hydrogens (primary N) is 1. The van der Waals surface area contributed by atoms with Gasteiger partial charge in [-0.1, -0.05) is 25.5 Å². The van der Waals surface area contributed by atoms with Crippen molar-refractivity contribution in [3.05, 3.63) is 30.5 Å². The van der Waals surface area contributed by atoms with Gasteiger partial charge in [0.1, 0.15) is 0 Å². The molecular weight excluding hydrogens is 246 g/mol. The van der Waals surface area contributed by atoms with Gasteiger partial charge in [-0.3, -0.25) is 4.98 Å². The van der Waals surface area contributed by atoms with Crippen molar-refractivity contribution in [2.24, 2.45) is 0 Å². The van der Waals surface area contributed by atoms with E-state index >= 15 is 0 Å². The molecule has 1 aromatic carbocycles. The van der Waals surface area contributed by atoms with Gasteiger partial charge in [0.05, 0.1) is 11.2 Å². The van der Waals surface area contributed by atoms with Gasteiger partial charge in [-0.15, -0.1) is 0 Å². The van der Waals surface area contributed by atoms with Crippen LogP contribution in [0.25, 0.3) is 10.9 Å². The van der Waals surface area contributed by atoms with Crippen molar-refractivity contribution in [1.29, 1.82) is 0 Å². The van der Waals surface area contributed by atoms with E-state index in [0.29, 0.717) is 6.04 Å². The summed E-state index contributed by atoms with van der Waals surface area (Å²) >= 11 is 0. The number of benzene rings is 1. The Morgan fingerprint density at radius 3 is 3.05 bits per heavy atom. The van der Waals surface area contributed by atoms with E-state index in [1.165, 1.54) is 43.2 Å². The van der Waals surface area contributed by atoms with Gasteiger partial charge >= 0.3 is 0 Å². The molecule has 2 aromatic rings. The Morgan fingerprint density at radius 1 is 1.30 bits per heavy atom. The predicted molar refractivity (Wildman–Crippen MR) is 86.0 cm³/mol. The molecule has 1 atom stereocenters. The van der Waals surface area contributed by atoms with E-state index in [1.54, 1.807) is 0 Å². The maximum Gasteiger partial charge on any atom is 0.0951 e. The third-order valence-corrected chi connectivity index (χ3v) is 4.34. The molecule has 3 nitrogen and oxygen atoms in total. The van der Waals surface area contributed by atoms with Crippen LogP contribution in [-0.4, -0.2) is 17.6 Å². The first-order chi connectivity index (χ1) is 9.81. The summed E-state index contributed by atoms with van der Waals surface area (Å²) in [6.45, 7) is 3.42. The molecule has 0 aliphatic carbocycles. The molecule has 3 heteroatoms. The van der Waals surface area contributed by atoms with Crippen molar-refractivity contribution >= 4 is 22.3 Å². The Balaban J connectivity index is 2.06. The number of nitrogens with zero attached hydrogens (tertiary/aromatic N) is 2. The lowest BCUT2D eigenvalue weighted by molar-refractivity contribution is 0.435. The molecule has 1 saturated heterocycles. The van der Waals surface area contributed by atoms with Crippen LogP contribution in [0.2, 0.25) is 0 Å². The van der Waals surface area contributed by atoms with E-state index in [4.69, 9.17) is 5.73 Å². The fraction of sp³-hybridized carbons (Fsp3) is 0.471. The first kappa shape index (κ1) is 13.2. The molecule has 0 radical (unpaired) electrons. The Labute approximate surface area is 120 Å². The van der Waals surface area contributed by atoms with Crippen LogP contribution < -0.4 is 10.6 Å². The maximum absolute atomic E-state index is 6.07. The average molecular weight is 269 g/mol. The summed E-state index contributed by atoms with van der Waals surface area (Å²) in [4.78, 5) is 7.04. The number of piperidine rings is 1. The van der Waals surface area contributed by atoms with Crippen LogP contribution in [0.3, 0.4) is 0 Å². The highest BCUT2D eigenvalue weighted by molar-refractivity contribution is 5.98. The standard InChI is InChI=1S/C17H23N3/c1-2-6-13-7-3-4-12-20(13)16-10-11-19-17-14(16)8-5-9-15(17)18/h5,8-11,13H,2-4,6-7,12,18H2,1H3. The van der Waals surface area contributed by atoms with Gasteiger partial charge in [0, 0.05) is 29.9 Å². The molecule has 2 N–H and O–H groups in total. The molecule has 3 rings (SSSR count). The Hall–Kier alpha value is -1.77. The molecule has 1 aliphatic rings. The Morgan fingerprint density at radius 2 is 2.20 bits per heavy atom. The first-order valence-electron chi connectivity index (χ1n) is 7.71. The van der Waals surface area contributed by atoms with Crippen molar-refractivity contribution in [3.63, 3.8) is 0 Å². The third kappa shape index (κ3) is 2.33. The number of aromatic nitrogens is 1. The highest BCUT2D eigenvalue weighted by Crippen LogP contribution is 2.33. The molecule has 1 fully saturated rings. The Kier molecular flexibility index (Phi) is 3.77. The average Bonchev–Trinajstić information content (AvgIpc) is 2.48. The number of rotatable bonds is 3. The summed E-state index contributed by atoms with van der Waals surface area (Å²) in [5, 5.41) is 1.19. The quantitative estimate of drug-likeness (QED) is 0.857. The van der Waals surface area contributed by atoms with Gasteiger partial charge in [0.2, 0.25) is 0 Å². The molecule has 0 spiro atoms. The minimum Gasteiger partial charge on any atom is -0.397 e. The number of nitrogen functional groups attached to an aromatic ring is 1. The lowest BCUT2D eigenvalue weighted by atomic mass is 9.96. The highest BCUT2D eigenvalue weighted by Gasteiger charge is 2.23. The highest BCUT2D eigenvalue weighted by atomic mass is 15.2. The summed E-state index contributed by atoms with van der Waals surface area (Å²) in [5.74, 6) is 0. The molecule has 1 aromatic heterocycles. The molecule has 106 valence electrons. The zero-order valence-corrected chi connectivity index (χ0v) is 12.2. The van der Waals surface area contributed by atoms with Gasteiger partial charge < -0.3 is 10.6 Å². The van der Waals surface area contributed by atoms with E-state index in [2.05, 4.69) is 28.9 Å². The van der Waals surface area contributed by atoms with Crippen molar-refractivity contribution < 1.29 is 0 Å². The smallest absolute Gasteiger partial charge is 0.0951 e. The number of fused-ring (bicyclic) bond motifs is 1. The van der Waals surface area contributed by atoms with E-state index in [-0.39, 0.29) is 0 Å². The van der Waals surface area contributed by atoms with Gasteiger partial charge in [-0.2, -0.15) is 0 Å².